The van der Waals surface area contributed by atoms with E-state index in [9.17, 15) is 13.2 Å². The van der Waals surface area contributed by atoms with Crippen LogP contribution in [0.25, 0.3) is 0 Å². The van der Waals surface area contributed by atoms with Crippen molar-refractivity contribution in [2.24, 2.45) is 0 Å². The Labute approximate surface area is 138 Å². The molecule has 0 aliphatic carbocycles. The van der Waals surface area contributed by atoms with Crippen LogP contribution in [0.2, 0.25) is 0 Å². The zero-order valence-electron chi connectivity index (χ0n) is 12.5. The normalized spacial score (nSPS) is 15.2. The van der Waals surface area contributed by atoms with Crippen LogP contribution in [-0.2, 0) is 27.8 Å². The lowest BCUT2D eigenvalue weighted by Gasteiger charge is -2.26. The lowest BCUT2D eigenvalue weighted by Crippen LogP contribution is -2.35. The maximum atomic E-state index is 12.8. The lowest BCUT2D eigenvalue weighted by atomic mass is 10.1. The van der Waals surface area contributed by atoms with Crippen molar-refractivity contribution < 1.29 is 18.0 Å². The van der Waals surface area contributed by atoms with Crippen LogP contribution in [0, 0.1) is 0 Å². The van der Waals surface area contributed by atoms with Gasteiger partial charge in [-0.3, -0.25) is 9.63 Å². The third kappa shape index (κ3) is 3.16. The van der Waals surface area contributed by atoms with E-state index in [-0.39, 0.29) is 10.5 Å². The monoisotopic (exact) mass is 352 g/mol. The third-order valence-electron chi connectivity index (χ3n) is 3.70. The Morgan fingerprint density at radius 3 is 2.96 bits per heavy atom. The van der Waals surface area contributed by atoms with Gasteiger partial charge in [0.05, 0.1) is 12.0 Å². The molecule has 8 heteroatoms. The minimum Gasteiger partial charge on any atom is -0.277 e. The number of amides is 1. The number of sulfonamides is 1. The summed E-state index contributed by atoms with van der Waals surface area (Å²) >= 11 is 1.66. The topological polar surface area (TPSA) is 75.7 Å². The molecule has 0 atom stereocenters. The van der Waals surface area contributed by atoms with E-state index in [4.69, 9.17) is 0 Å². The molecule has 0 fully saturated rings. The Bertz CT molecular complexity index is 830. The summed E-state index contributed by atoms with van der Waals surface area (Å²) in [6, 6.07) is 7.93. The average Bonchev–Trinajstić information content (AvgIpc) is 3.03. The highest BCUT2D eigenvalue weighted by atomic mass is 32.2. The number of carbonyl (C=O) groups is 1. The van der Waals surface area contributed by atoms with Crippen LogP contribution in [0.15, 0.2) is 40.6 Å². The molecular formula is C15H16N2O4S2. The van der Waals surface area contributed by atoms with Crippen LogP contribution < -0.4 is 5.48 Å². The predicted molar refractivity (Wildman–Crippen MR) is 86.5 cm³/mol. The molecule has 0 saturated carbocycles. The average molecular weight is 352 g/mol. The number of fused-ring (bicyclic) bond motifs is 1. The third-order valence-corrected chi connectivity index (χ3v) is 6.57. The Morgan fingerprint density at radius 2 is 2.17 bits per heavy atom. The molecule has 1 aliphatic rings. The van der Waals surface area contributed by atoms with Crippen LogP contribution in [0.5, 0.6) is 0 Å². The molecule has 2 heterocycles. The van der Waals surface area contributed by atoms with Crippen LogP contribution >= 0.6 is 11.3 Å². The second kappa shape index (κ2) is 6.40. The first-order valence-corrected chi connectivity index (χ1v) is 9.33. The molecule has 23 heavy (non-hydrogen) atoms. The van der Waals surface area contributed by atoms with Crippen molar-refractivity contribution >= 4 is 27.3 Å². The van der Waals surface area contributed by atoms with E-state index in [1.165, 1.54) is 28.4 Å². The predicted octanol–water partition coefficient (Wildman–Crippen LogP) is 1.79. The quantitative estimate of drug-likeness (QED) is 0.851. The van der Waals surface area contributed by atoms with Gasteiger partial charge in [-0.1, -0.05) is 6.07 Å². The first-order chi connectivity index (χ1) is 11.0. The van der Waals surface area contributed by atoms with Crippen molar-refractivity contribution in [2.45, 2.75) is 17.9 Å². The summed E-state index contributed by atoms with van der Waals surface area (Å²) in [4.78, 5) is 17.7. The molecule has 1 amide bonds. The first kappa shape index (κ1) is 16.1. The minimum atomic E-state index is -3.64. The summed E-state index contributed by atoms with van der Waals surface area (Å²) in [5.74, 6) is -0.483. The first-order valence-electron chi connectivity index (χ1n) is 7.01. The SMILES string of the molecule is CONC(=O)c1cccc(S(=O)(=O)N2CCc3sccc3C2)c1. The van der Waals surface area contributed by atoms with Gasteiger partial charge in [0.15, 0.2) is 0 Å². The zero-order chi connectivity index (χ0) is 16.4. The second-order valence-corrected chi connectivity index (χ2v) is 8.06. The van der Waals surface area contributed by atoms with E-state index in [0.717, 1.165) is 12.0 Å². The number of hydroxylamine groups is 1. The summed E-state index contributed by atoms with van der Waals surface area (Å²) < 4.78 is 27.1. The number of benzene rings is 1. The Balaban J connectivity index is 1.89. The molecule has 3 rings (SSSR count). The molecule has 0 saturated heterocycles. The van der Waals surface area contributed by atoms with Crippen molar-refractivity contribution in [2.75, 3.05) is 13.7 Å². The summed E-state index contributed by atoms with van der Waals surface area (Å²) in [6.45, 7) is 0.819. The maximum Gasteiger partial charge on any atom is 0.274 e. The Hall–Kier alpha value is -1.74. The molecule has 6 nitrogen and oxygen atoms in total. The van der Waals surface area contributed by atoms with Gasteiger partial charge in [-0.05, 0) is 41.6 Å². The number of hydrogen-bond donors (Lipinski definition) is 1. The smallest absolute Gasteiger partial charge is 0.274 e. The van der Waals surface area contributed by atoms with Crippen molar-refractivity contribution in [1.29, 1.82) is 0 Å². The van der Waals surface area contributed by atoms with E-state index in [2.05, 4.69) is 10.3 Å². The Kier molecular flexibility index (Phi) is 4.49. The number of hydrogen-bond acceptors (Lipinski definition) is 5. The lowest BCUT2D eigenvalue weighted by molar-refractivity contribution is 0.0537. The van der Waals surface area contributed by atoms with Crippen molar-refractivity contribution in [3.05, 3.63) is 51.7 Å². The van der Waals surface area contributed by atoms with Gasteiger partial charge in [0, 0.05) is 23.5 Å². The fraction of sp³-hybridized carbons (Fsp3) is 0.267. The fourth-order valence-corrected chi connectivity index (χ4v) is 4.88. The van der Waals surface area contributed by atoms with Gasteiger partial charge in [0.2, 0.25) is 10.0 Å². The highest BCUT2D eigenvalue weighted by Crippen LogP contribution is 2.28. The van der Waals surface area contributed by atoms with Gasteiger partial charge in [-0.2, -0.15) is 4.31 Å². The summed E-state index contributed by atoms with van der Waals surface area (Å²) in [6.07, 6.45) is 0.718. The molecule has 0 radical (unpaired) electrons. The van der Waals surface area contributed by atoms with Gasteiger partial charge < -0.3 is 0 Å². The minimum absolute atomic E-state index is 0.111. The number of thiophene rings is 1. The molecule has 122 valence electrons. The maximum absolute atomic E-state index is 12.8. The van der Waals surface area contributed by atoms with Crippen LogP contribution in [0.3, 0.4) is 0 Å². The van der Waals surface area contributed by atoms with Gasteiger partial charge in [-0.15, -0.1) is 11.3 Å². The number of nitrogens with zero attached hydrogens (tertiary/aromatic N) is 1. The number of carbonyl (C=O) groups excluding carboxylic acids is 1. The van der Waals surface area contributed by atoms with Crippen LogP contribution in [-0.4, -0.2) is 32.3 Å². The van der Waals surface area contributed by atoms with Crippen molar-refractivity contribution in [3.63, 3.8) is 0 Å². The van der Waals surface area contributed by atoms with E-state index < -0.39 is 15.9 Å². The standard InChI is InChI=1S/C15H16N2O4S2/c1-21-16-15(18)11-3-2-4-13(9-11)23(19,20)17-7-5-14-12(10-17)6-8-22-14/h2-4,6,8-9H,5,7,10H2,1H3,(H,16,18). The van der Waals surface area contributed by atoms with E-state index in [1.54, 1.807) is 23.5 Å². The van der Waals surface area contributed by atoms with E-state index in [1.807, 2.05) is 11.4 Å². The molecule has 0 spiro atoms. The molecular weight excluding hydrogens is 336 g/mol. The molecule has 1 N–H and O–H groups in total. The highest BCUT2D eigenvalue weighted by molar-refractivity contribution is 7.89. The Morgan fingerprint density at radius 1 is 1.35 bits per heavy atom. The summed E-state index contributed by atoms with van der Waals surface area (Å²) in [5.41, 5.74) is 3.47. The number of nitrogens with one attached hydrogen (secondary N) is 1. The fourth-order valence-electron chi connectivity index (χ4n) is 2.53. The van der Waals surface area contributed by atoms with Crippen LogP contribution in [0.1, 0.15) is 20.8 Å². The van der Waals surface area contributed by atoms with Crippen LogP contribution in [0.4, 0.5) is 0 Å². The molecule has 1 aliphatic heterocycles. The van der Waals surface area contributed by atoms with Gasteiger partial charge in [0.25, 0.3) is 5.91 Å². The van der Waals surface area contributed by atoms with Gasteiger partial charge >= 0.3 is 0 Å². The molecule has 1 aromatic heterocycles. The summed E-state index contributed by atoms with van der Waals surface area (Å²) in [5, 5.41) is 1.98. The van der Waals surface area contributed by atoms with E-state index >= 15 is 0 Å². The second-order valence-electron chi connectivity index (χ2n) is 5.12. The van der Waals surface area contributed by atoms with Gasteiger partial charge in [-0.25, -0.2) is 13.9 Å². The van der Waals surface area contributed by atoms with Crippen molar-refractivity contribution in [1.82, 2.24) is 9.79 Å². The molecule has 0 unspecified atom stereocenters. The summed E-state index contributed by atoms with van der Waals surface area (Å²) in [7, 11) is -2.31. The molecule has 0 bridgehead atoms. The zero-order valence-corrected chi connectivity index (χ0v) is 14.1. The van der Waals surface area contributed by atoms with Crippen molar-refractivity contribution in [3.8, 4) is 0 Å². The van der Waals surface area contributed by atoms with Gasteiger partial charge in [0.1, 0.15) is 0 Å². The molecule has 1 aromatic carbocycles. The van der Waals surface area contributed by atoms with E-state index in [0.29, 0.717) is 13.1 Å². The molecule has 2 aromatic rings. The largest absolute Gasteiger partial charge is 0.277 e. The number of rotatable bonds is 4. The highest BCUT2D eigenvalue weighted by Gasteiger charge is 2.29.